The third-order valence-corrected chi connectivity index (χ3v) is 6.84. The molecule has 4 aromatic rings. The zero-order chi connectivity index (χ0) is 26.8. The third kappa shape index (κ3) is 4.91. The molecular formula is C29H29ClN4O4. The molecule has 1 aliphatic heterocycles. The molecule has 2 N–H and O–H groups in total. The number of benzene rings is 2. The fourth-order valence-electron chi connectivity index (χ4n) is 4.68. The summed E-state index contributed by atoms with van der Waals surface area (Å²) in [5, 5.41) is 18.4. The number of phenolic OH excluding ortho intramolecular Hbond substituents is 1. The molecule has 9 heteroatoms. The second-order valence-electron chi connectivity index (χ2n) is 9.66. The number of H-pyrrole nitrogens is 1. The van der Waals surface area contributed by atoms with Gasteiger partial charge in [-0.15, -0.1) is 0 Å². The number of nitrogens with one attached hydrogen (secondary N) is 1. The van der Waals surface area contributed by atoms with Crippen molar-refractivity contribution in [2.24, 2.45) is 5.92 Å². The van der Waals surface area contributed by atoms with Gasteiger partial charge in [-0.05, 0) is 59.9 Å². The molecule has 0 aliphatic carbocycles. The van der Waals surface area contributed by atoms with E-state index in [4.69, 9.17) is 21.1 Å². The van der Waals surface area contributed by atoms with Crippen molar-refractivity contribution in [1.29, 1.82) is 0 Å². The van der Waals surface area contributed by atoms with Gasteiger partial charge < -0.3 is 19.5 Å². The van der Waals surface area contributed by atoms with Gasteiger partial charge in [-0.2, -0.15) is 5.10 Å². The van der Waals surface area contributed by atoms with Gasteiger partial charge in [-0.1, -0.05) is 37.6 Å². The highest BCUT2D eigenvalue weighted by molar-refractivity contribution is 6.31. The van der Waals surface area contributed by atoms with Gasteiger partial charge in [-0.25, -0.2) is 0 Å². The lowest BCUT2D eigenvalue weighted by Crippen LogP contribution is -2.29. The van der Waals surface area contributed by atoms with Crippen LogP contribution in [-0.4, -0.2) is 44.8 Å². The van der Waals surface area contributed by atoms with Crippen LogP contribution in [0.25, 0.3) is 11.3 Å². The molecule has 1 atom stereocenters. The molecule has 3 heterocycles. The van der Waals surface area contributed by atoms with Crippen molar-refractivity contribution in [2.45, 2.75) is 32.9 Å². The Balaban J connectivity index is 1.61. The number of carbonyl (C=O) groups is 1. The van der Waals surface area contributed by atoms with E-state index in [-0.39, 0.29) is 11.7 Å². The van der Waals surface area contributed by atoms with Crippen LogP contribution in [0.4, 0.5) is 0 Å². The molecule has 0 fully saturated rings. The summed E-state index contributed by atoms with van der Waals surface area (Å²) in [4.78, 5) is 19.7. The van der Waals surface area contributed by atoms with E-state index >= 15 is 0 Å². The van der Waals surface area contributed by atoms with Crippen molar-refractivity contribution in [3.63, 3.8) is 0 Å². The van der Waals surface area contributed by atoms with E-state index in [1.165, 1.54) is 6.07 Å². The Hall–Kier alpha value is -4.04. The summed E-state index contributed by atoms with van der Waals surface area (Å²) in [6, 6.07) is 13.7. The Morgan fingerprint density at radius 3 is 2.74 bits per heavy atom. The zero-order valence-corrected chi connectivity index (χ0v) is 22.2. The fraction of sp³-hybridized carbons (Fsp3) is 0.276. The van der Waals surface area contributed by atoms with Gasteiger partial charge in [0.1, 0.15) is 17.1 Å². The van der Waals surface area contributed by atoms with Gasteiger partial charge in [0, 0.05) is 35.1 Å². The number of aromatic amines is 1. The SMILES string of the molecule is COc1cc(C2c3c(-c4cc(Cl)ccc4O)n[nH]c3C(=O)N2Cc2cccnc2)ccc1OCCC(C)C. The number of rotatable bonds is 9. The van der Waals surface area contributed by atoms with Crippen molar-refractivity contribution in [3.05, 3.63) is 88.3 Å². The summed E-state index contributed by atoms with van der Waals surface area (Å²) in [6.45, 7) is 5.20. The van der Waals surface area contributed by atoms with Crippen LogP contribution in [0, 0.1) is 5.92 Å². The first-order chi connectivity index (χ1) is 18.4. The second-order valence-corrected chi connectivity index (χ2v) is 10.1. The Bertz CT molecular complexity index is 1450. The topological polar surface area (TPSA) is 101 Å². The molecule has 196 valence electrons. The average molecular weight is 533 g/mol. The van der Waals surface area contributed by atoms with Gasteiger partial charge in [-0.3, -0.25) is 14.9 Å². The molecule has 1 amide bonds. The van der Waals surface area contributed by atoms with Gasteiger partial charge in [0.15, 0.2) is 11.5 Å². The van der Waals surface area contributed by atoms with Crippen LogP contribution < -0.4 is 9.47 Å². The summed E-state index contributed by atoms with van der Waals surface area (Å²) in [7, 11) is 1.60. The lowest BCUT2D eigenvalue weighted by Gasteiger charge is -2.27. The highest BCUT2D eigenvalue weighted by atomic mass is 35.5. The molecule has 38 heavy (non-hydrogen) atoms. The van der Waals surface area contributed by atoms with Crippen LogP contribution >= 0.6 is 11.6 Å². The number of hydrogen-bond donors (Lipinski definition) is 2. The van der Waals surface area contributed by atoms with E-state index in [2.05, 4.69) is 29.0 Å². The number of aromatic hydroxyl groups is 1. The first-order valence-electron chi connectivity index (χ1n) is 12.4. The molecule has 8 nitrogen and oxygen atoms in total. The van der Waals surface area contributed by atoms with Crippen molar-refractivity contribution in [1.82, 2.24) is 20.1 Å². The lowest BCUT2D eigenvalue weighted by atomic mass is 9.95. The Kier molecular flexibility index (Phi) is 7.24. The third-order valence-electron chi connectivity index (χ3n) is 6.61. The van der Waals surface area contributed by atoms with Crippen molar-refractivity contribution < 1.29 is 19.4 Å². The standard InChI is InChI=1S/C29H29ClN4O4/c1-17(2)10-12-38-23-9-6-19(13-24(23)37-3)28-25-26(21-14-20(30)7-8-22(21)35)32-33-27(25)29(36)34(28)16-18-5-4-11-31-15-18/h4-9,11,13-15,17,28,35H,10,12,16H2,1-3H3,(H,32,33). The van der Waals surface area contributed by atoms with Crippen LogP contribution in [-0.2, 0) is 6.54 Å². The molecule has 2 aromatic heterocycles. The maximum atomic E-state index is 13.7. The van der Waals surface area contributed by atoms with E-state index in [9.17, 15) is 9.90 Å². The van der Waals surface area contributed by atoms with Crippen molar-refractivity contribution in [2.75, 3.05) is 13.7 Å². The Morgan fingerprint density at radius 2 is 2.00 bits per heavy atom. The summed E-state index contributed by atoms with van der Waals surface area (Å²) in [5.74, 6) is 1.55. The minimum atomic E-state index is -0.511. The summed E-state index contributed by atoms with van der Waals surface area (Å²) >= 11 is 6.26. The number of phenols is 1. The van der Waals surface area contributed by atoms with Crippen LogP contribution in [0.1, 0.15) is 53.5 Å². The van der Waals surface area contributed by atoms with Gasteiger partial charge >= 0.3 is 0 Å². The monoisotopic (exact) mass is 532 g/mol. The lowest BCUT2D eigenvalue weighted by molar-refractivity contribution is 0.0729. The maximum Gasteiger partial charge on any atom is 0.273 e. The first-order valence-corrected chi connectivity index (χ1v) is 12.8. The van der Waals surface area contributed by atoms with Crippen LogP contribution in [0.3, 0.4) is 0 Å². The van der Waals surface area contributed by atoms with Crippen LogP contribution in [0.15, 0.2) is 60.9 Å². The van der Waals surface area contributed by atoms with Gasteiger partial charge in [0.25, 0.3) is 5.91 Å². The molecule has 5 rings (SSSR count). The number of aromatic nitrogens is 3. The van der Waals surface area contributed by atoms with E-state index in [0.717, 1.165) is 17.5 Å². The van der Waals surface area contributed by atoms with Gasteiger partial charge in [0.05, 0.1) is 19.8 Å². The highest BCUT2D eigenvalue weighted by Crippen LogP contribution is 2.46. The largest absolute Gasteiger partial charge is 0.507 e. The molecule has 0 radical (unpaired) electrons. The van der Waals surface area contributed by atoms with E-state index in [0.29, 0.717) is 58.1 Å². The summed E-state index contributed by atoms with van der Waals surface area (Å²) in [5.41, 5.74) is 3.63. The van der Waals surface area contributed by atoms with Crippen LogP contribution in [0.5, 0.6) is 17.2 Å². The number of halogens is 1. The number of nitrogens with zero attached hydrogens (tertiary/aromatic N) is 3. The van der Waals surface area contributed by atoms with E-state index < -0.39 is 6.04 Å². The van der Waals surface area contributed by atoms with Crippen LogP contribution in [0.2, 0.25) is 5.02 Å². The molecular weight excluding hydrogens is 504 g/mol. The average Bonchev–Trinajstić information content (AvgIpc) is 3.45. The zero-order valence-electron chi connectivity index (χ0n) is 21.4. The van der Waals surface area contributed by atoms with Crippen molar-refractivity contribution >= 4 is 17.5 Å². The minimum absolute atomic E-state index is 0.0205. The molecule has 0 saturated carbocycles. The maximum absolute atomic E-state index is 13.7. The van der Waals surface area contributed by atoms with Crippen molar-refractivity contribution in [3.8, 4) is 28.5 Å². The predicted molar refractivity (Wildman–Crippen MR) is 145 cm³/mol. The highest BCUT2D eigenvalue weighted by Gasteiger charge is 2.43. The number of amides is 1. The molecule has 0 saturated heterocycles. The molecule has 0 bridgehead atoms. The second kappa shape index (κ2) is 10.8. The predicted octanol–water partition coefficient (Wildman–Crippen LogP) is 6.01. The quantitative estimate of drug-likeness (QED) is 0.274. The summed E-state index contributed by atoms with van der Waals surface area (Å²) < 4.78 is 11.7. The summed E-state index contributed by atoms with van der Waals surface area (Å²) in [6.07, 6.45) is 4.36. The van der Waals surface area contributed by atoms with E-state index in [1.54, 1.807) is 36.5 Å². The Labute approximate surface area is 226 Å². The van der Waals surface area contributed by atoms with E-state index in [1.807, 2.05) is 30.3 Å². The molecule has 2 aromatic carbocycles. The fourth-order valence-corrected chi connectivity index (χ4v) is 4.85. The molecule has 0 spiro atoms. The molecule has 1 aliphatic rings. The number of hydrogen-bond acceptors (Lipinski definition) is 6. The normalized spacial score (nSPS) is 14.7. The number of fused-ring (bicyclic) bond motifs is 1. The minimum Gasteiger partial charge on any atom is -0.507 e. The number of methoxy groups -OCH3 is 1. The van der Waals surface area contributed by atoms with Gasteiger partial charge in [0.2, 0.25) is 0 Å². The Morgan fingerprint density at radius 1 is 1.16 bits per heavy atom. The number of carbonyl (C=O) groups excluding carboxylic acids is 1. The first kappa shape index (κ1) is 25.6. The number of ether oxygens (including phenoxy) is 2. The number of pyridine rings is 1. The smallest absolute Gasteiger partial charge is 0.273 e. The molecule has 1 unspecified atom stereocenters.